The minimum atomic E-state index is 0.00123. The molecule has 0 atom stereocenters. The van der Waals surface area contributed by atoms with Crippen molar-refractivity contribution in [1.29, 1.82) is 0 Å². The van der Waals surface area contributed by atoms with E-state index >= 15 is 0 Å². The highest BCUT2D eigenvalue weighted by Gasteiger charge is 2.18. The Bertz CT molecular complexity index is 1350. The van der Waals surface area contributed by atoms with E-state index in [0.29, 0.717) is 5.75 Å². The van der Waals surface area contributed by atoms with Gasteiger partial charge in [-0.15, -0.1) is 0 Å². The largest absolute Gasteiger partial charge is 0.456 e. The molecule has 1 saturated heterocycles. The van der Waals surface area contributed by atoms with Crippen LogP contribution in [0.1, 0.15) is 34.5 Å². The predicted octanol–water partition coefficient (Wildman–Crippen LogP) is 4.53. The van der Waals surface area contributed by atoms with Crippen LogP contribution in [0.3, 0.4) is 0 Å². The van der Waals surface area contributed by atoms with Crippen LogP contribution >= 0.6 is 0 Å². The number of amides is 1. The second-order valence-corrected chi connectivity index (χ2v) is 8.91. The lowest BCUT2D eigenvalue weighted by Gasteiger charge is -2.24. The number of nitrogens with zero attached hydrogens (tertiary/aromatic N) is 3. The summed E-state index contributed by atoms with van der Waals surface area (Å²) >= 11 is 0. The van der Waals surface area contributed by atoms with Crippen molar-refractivity contribution in [3.63, 3.8) is 0 Å². The summed E-state index contributed by atoms with van der Waals surface area (Å²) in [6.07, 6.45) is 3.67. The van der Waals surface area contributed by atoms with E-state index in [0.717, 1.165) is 70.7 Å². The number of nitrogens with one attached hydrogen (secondary N) is 2. The van der Waals surface area contributed by atoms with Gasteiger partial charge in [-0.25, -0.2) is 4.98 Å². The van der Waals surface area contributed by atoms with Gasteiger partial charge in [-0.3, -0.25) is 9.48 Å². The molecule has 0 aliphatic carbocycles. The monoisotopic (exact) mass is 455 g/mol. The molecule has 7 heteroatoms. The number of ether oxygens (including phenoxy) is 1. The molecule has 0 spiro atoms. The van der Waals surface area contributed by atoms with Crippen molar-refractivity contribution >= 4 is 16.9 Å². The fraction of sp³-hybridized carbons (Fsp3) is 0.296. The third-order valence-electron chi connectivity index (χ3n) is 6.38. The average Bonchev–Trinajstić information content (AvgIpc) is 3.12. The minimum Gasteiger partial charge on any atom is -0.456 e. The number of hydrogen-bond donors (Lipinski definition) is 2. The smallest absolute Gasteiger partial charge is 0.251 e. The summed E-state index contributed by atoms with van der Waals surface area (Å²) in [7, 11) is 1.90. The molecule has 3 heterocycles. The lowest BCUT2D eigenvalue weighted by Crippen LogP contribution is -2.42. The molecular formula is C27H29N5O2. The van der Waals surface area contributed by atoms with Gasteiger partial charge in [0, 0.05) is 24.7 Å². The van der Waals surface area contributed by atoms with Gasteiger partial charge in [-0.2, -0.15) is 5.10 Å². The molecule has 4 aromatic rings. The lowest BCUT2D eigenvalue weighted by atomic mass is 9.98. The summed E-state index contributed by atoms with van der Waals surface area (Å²) in [5.74, 6) is 1.39. The summed E-state index contributed by atoms with van der Waals surface area (Å²) in [5, 5.41) is 10.9. The van der Waals surface area contributed by atoms with Crippen LogP contribution in [0.4, 0.5) is 0 Å². The van der Waals surface area contributed by atoms with Crippen LogP contribution in [0.5, 0.6) is 11.5 Å². The fourth-order valence-corrected chi connectivity index (χ4v) is 4.54. The molecule has 7 nitrogen and oxygen atoms in total. The Labute approximate surface area is 199 Å². The van der Waals surface area contributed by atoms with E-state index in [2.05, 4.69) is 26.8 Å². The lowest BCUT2D eigenvalue weighted by molar-refractivity contribution is 0.0929. The molecule has 2 aromatic heterocycles. The van der Waals surface area contributed by atoms with Crippen LogP contribution in [0.25, 0.3) is 22.2 Å². The van der Waals surface area contributed by atoms with Crippen LogP contribution in [-0.4, -0.2) is 39.8 Å². The molecule has 0 bridgehead atoms. The minimum absolute atomic E-state index is 0.00123. The second-order valence-electron chi connectivity index (χ2n) is 8.91. The van der Waals surface area contributed by atoms with Gasteiger partial charge < -0.3 is 15.4 Å². The van der Waals surface area contributed by atoms with Gasteiger partial charge in [0.15, 0.2) is 0 Å². The highest BCUT2D eigenvalue weighted by atomic mass is 16.5. The Kier molecular flexibility index (Phi) is 6.02. The molecule has 2 N–H and O–H groups in total. The Morgan fingerprint density at radius 2 is 1.85 bits per heavy atom. The summed E-state index contributed by atoms with van der Waals surface area (Å²) in [5.41, 5.74) is 6.45. The molecule has 0 saturated carbocycles. The van der Waals surface area contributed by atoms with E-state index in [4.69, 9.17) is 4.74 Å². The summed E-state index contributed by atoms with van der Waals surface area (Å²) in [6.45, 7) is 5.83. The number of carbonyl (C=O) groups excluding carboxylic acids is 1. The number of aromatic nitrogens is 3. The number of piperidine rings is 1. The maximum absolute atomic E-state index is 12.8. The molecule has 1 fully saturated rings. The summed E-state index contributed by atoms with van der Waals surface area (Å²) < 4.78 is 7.93. The van der Waals surface area contributed by atoms with E-state index < -0.39 is 0 Å². The van der Waals surface area contributed by atoms with Gasteiger partial charge in [0.1, 0.15) is 17.0 Å². The number of hydrogen-bond acceptors (Lipinski definition) is 5. The molecule has 1 aliphatic heterocycles. The van der Waals surface area contributed by atoms with E-state index in [-0.39, 0.29) is 11.9 Å². The highest BCUT2D eigenvalue weighted by molar-refractivity contribution is 5.96. The van der Waals surface area contributed by atoms with Crippen molar-refractivity contribution in [3.8, 4) is 22.6 Å². The summed E-state index contributed by atoms with van der Waals surface area (Å²) in [4.78, 5) is 17.3. The molecular weight excluding hydrogens is 426 g/mol. The van der Waals surface area contributed by atoms with Gasteiger partial charge in [0.25, 0.3) is 5.91 Å². The van der Waals surface area contributed by atoms with Crippen LogP contribution in [0.15, 0.2) is 54.7 Å². The first-order chi connectivity index (χ1) is 16.5. The number of aryl methyl sites for hydroxylation is 3. The second kappa shape index (κ2) is 9.27. The number of pyridine rings is 1. The topological polar surface area (TPSA) is 81.1 Å². The highest BCUT2D eigenvalue weighted by Crippen LogP contribution is 2.30. The number of fused-ring (bicyclic) bond motifs is 1. The molecule has 0 unspecified atom stereocenters. The zero-order chi connectivity index (χ0) is 23.7. The normalized spacial score (nSPS) is 14.3. The van der Waals surface area contributed by atoms with E-state index in [1.54, 1.807) is 6.20 Å². The number of benzene rings is 2. The van der Waals surface area contributed by atoms with Gasteiger partial charge in [-0.05, 0) is 74.7 Å². The van der Waals surface area contributed by atoms with E-state index in [1.807, 2.05) is 68.0 Å². The van der Waals surface area contributed by atoms with Crippen molar-refractivity contribution in [2.45, 2.75) is 32.7 Å². The third-order valence-corrected chi connectivity index (χ3v) is 6.38. The van der Waals surface area contributed by atoms with Gasteiger partial charge >= 0.3 is 0 Å². The third kappa shape index (κ3) is 4.52. The maximum Gasteiger partial charge on any atom is 0.251 e. The van der Waals surface area contributed by atoms with Crippen molar-refractivity contribution in [2.75, 3.05) is 13.1 Å². The Balaban J connectivity index is 1.34. The van der Waals surface area contributed by atoms with Crippen LogP contribution in [-0.2, 0) is 7.05 Å². The Morgan fingerprint density at radius 3 is 2.65 bits per heavy atom. The van der Waals surface area contributed by atoms with Crippen molar-refractivity contribution < 1.29 is 9.53 Å². The zero-order valence-electron chi connectivity index (χ0n) is 19.8. The molecule has 5 rings (SSSR count). The molecule has 2 aromatic carbocycles. The SMILES string of the molecule is Cc1cc(-c2cccc(Oc3cnc4c(C)nn(C)c4c3)c2)ccc1C(=O)NC1CCNCC1. The Hall–Kier alpha value is -3.71. The van der Waals surface area contributed by atoms with Crippen LogP contribution in [0, 0.1) is 13.8 Å². The van der Waals surface area contributed by atoms with Crippen LogP contribution < -0.4 is 15.4 Å². The summed E-state index contributed by atoms with van der Waals surface area (Å²) in [6, 6.07) is 16.1. The molecule has 174 valence electrons. The maximum atomic E-state index is 12.8. The molecule has 0 radical (unpaired) electrons. The van der Waals surface area contributed by atoms with Gasteiger partial charge in [0.05, 0.1) is 17.4 Å². The first kappa shape index (κ1) is 22.1. The first-order valence-electron chi connectivity index (χ1n) is 11.7. The van der Waals surface area contributed by atoms with E-state index in [9.17, 15) is 4.79 Å². The molecule has 34 heavy (non-hydrogen) atoms. The fourth-order valence-electron chi connectivity index (χ4n) is 4.54. The van der Waals surface area contributed by atoms with Gasteiger partial charge in [-0.1, -0.05) is 24.3 Å². The average molecular weight is 456 g/mol. The van der Waals surface area contributed by atoms with E-state index in [1.165, 1.54) is 0 Å². The quantitative estimate of drug-likeness (QED) is 0.462. The molecule has 1 amide bonds. The standard InChI is InChI=1S/C27H29N5O2/c1-17-13-20(7-8-24(17)27(33)30-21-9-11-28-12-10-21)19-5-4-6-22(14-19)34-23-15-25-26(29-16-23)18(2)31-32(25)3/h4-8,13-16,21,28H,9-12H2,1-3H3,(H,30,33). The van der Waals surface area contributed by atoms with Crippen molar-refractivity contribution in [3.05, 3.63) is 71.5 Å². The first-order valence-corrected chi connectivity index (χ1v) is 11.7. The van der Waals surface area contributed by atoms with Crippen molar-refractivity contribution in [2.24, 2.45) is 7.05 Å². The Morgan fingerprint density at radius 1 is 1.06 bits per heavy atom. The van der Waals surface area contributed by atoms with Crippen LogP contribution in [0.2, 0.25) is 0 Å². The number of carbonyl (C=O) groups is 1. The molecule has 1 aliphatic rings. The van der Waals surface area contributed by atoms with Crippen molar-refractivity contribution in [1.82, 2.24) is 25.4 Å². The predicted molar refractivity (Wildman–Crippen MR) is 133 cm³/mol. The number of rotatable bonds is 5. The zero-order valence-corrected chi connectivity index (χ0v) is 19.8. The van der Waals surface area contributed by atoms with Gasteiger partial charge in [0.2, 0.25) is 0 Å².